The highest BCUT2D eigenvalue weighted by Gasteiger charge is 2.13. The Morgan fingerprint density at radius 3 is 2.82 bits per heavy atom. The van der Waals surface area contributed by atoms with Crippen molar-refractivity contribution in [1.29, 1.82) is 0 Å². The molecule has 0 aromatic heterocycles. The zero-order valence-corrected chi connectivity index (χ0v) is 12.6. The number of phenolic OH excluding ortho intramolecular Hbond substituents is 1. The minimum Gasteiger partial charge on any atom is -0.507 e. The highest BCUT2D eigenvalue weighted by molar-refractivity contribution is 6.32. The van der Waals surface area contributed by atoms with Crippen LogP contribution in [0.4, 0.5) is 0 Å². The van der Waals surface area contributed by atoms with Crippen molar-refractivity contribution in [2.24, 2.45) is 0 Å². The number of aryl methyl sites for hydroxylation is 1. The first-order chi connectivity index (χ1) is 10.5. The second-order valence-corrected chi connectivity index (χ2v) is 5.34. The monoisotopic (exact) mass is 316 g/mol. The van der Waals surface area contributed by atoms with Crippen LogP contribution in [-0.4, -0.2) is 17.7 Å². The average Bonchev–Trinajstić information content (AvgIpc) is 2.96. The zero-order valence-electron chi connectivity index (χ0n) is 11.8. The van der Waals surface area contributed by atoms with Crippen LogP contribution in [0.25, 0.3) is 6.08 Å². The Bertz CT molecular complexity index is 780. The van der Waals surface area contributed by atoms with Crippen LogP contribution in [0.3, 0.4) is 0 Å². The van der Waals surface area contributed by atoms with Crippen molar-refractivity contribution in [2.45, 2.75) is 6.92 Å². The lowest BCUT2D eigenvalue weighted by atomic mass is 10.1. The van der Waals surface area contributed by atoms with Gasteiger partial charge in [-0.3, -0.25) is 4.79 Å². The number of carbonyl (C=O) groups is 1. The minimum absolute atomic E-state index is 0.0813. The third-order valence-corrected chi connectivity index (χ3v) is 3.77. The predicted molar refractivity (Wildman–Crippen MR) is 83.8 cm³/mol. The Balaban J connectivity index is 1.83. The SMILES string of the molecule is Cc1cc(O)c(C(=O)/C=C/c2ccc3c(c2)OCO3)cc1Cl. The molecule has 0 saturated heterocycles. The summed E-state index contributed by atoms with van der Waals surface area (Å²) in [5, 5.41) is 10.3. The molecule has 22 heavy (non-hydrogen) atoms. The standard InChI is InChI=1S/C17H13ClO4/c1-10-6-15(20)12(8-13(10)18)14(19)4-2-11-3-5-16-17(7-11)22-9-21-16/h2-8,20H,9H2,1H3/b4-2+. The van der Waals surface area contributed by atoms with Crippen LogP contribution in [0, 0.1) is 6.92 Å². The third kappa shape index (κ3) is 2.78. The molecule has 5 heteroatoms. The Hall–Kier alpha value is -2.46. The maximum atomic E-state index is 12.2. The third-order valence-electron chi connectivity index (χ3n) is 3.37. The van der Waals surface area contributed by atoms with Crippen LogP contribution < -0.4 is 9.47 Å². The molecule has 0 unspecified atom stereocenters. The number of carbonyl (C=O) groups excluding carboxylic acids is 1. The fourth-order valence-electron chi connectivity index (χ4n) is 2.14. The lowest BCUT2D eigenvalue weighted by Crippen LogP contribution is -1.96. The van der Waals surface area contributed by atoms with Crippen molar-refractivity contribution in [3.05, 3.63) is 58.1 Å². The number of rotatable bonds is 3. The van der Waals surface area contributed by atoms with Crippen LogP contribution in [0.2, 0.25) is 5.02 Å². The van der Waals surface area contributed by atoms with Gasteiger partial charge >= 0.3 is 0 Å². The molecule has 0 fully saturated rings. The molecule has 3 rings (SSSR count). The summed E-state index contributed by atoms with van der Waals surface area (Å²) in [6.45, 7) is 1.97. The van der Waals surface area contributed by atoms with Gasteiger partial charge in [0.1, 0.15) is 5.75 Å². The number of halogens is 1. The molecule has 0 amide bonds. The van der Waals surface area contributed by atoms with Gasteiger partial charge in [-0.25, -0.2) is 0 Å². The number of benzene rings is 2. The van der Waals surface area contributed by atoms with E-state index >= 15 is 0 Å². The second kappa shape index (κ2) is 5.73. The molecule has 1 N–H and O–H groups in total. The molecule has 0 atom stereocenters. The fraction of sp³-hybridized carbons (Fsp3) is 0.118. The summed E-state index contributed by atoms with van der Waals surface area (Å²) in [6.07, 6.45) is 3.04. The second-order valence-electron chi connectivity index (χ2n) is 4.93. The van der Waals surface area contributed by atoms with Crippen molar-refractivity contribution in [2.75, 3.05) is 6.79 Å². The van der Waals surface area contributed by atoms with Crippen molar-refractivity contribution in [1.82, 2.24) is 0 Å². The average molecular weight is 317 g/mol. The van der Waals surface area contributed by atoms with Crippen molar-refractivity contribution in [3.8, 4) is 17.2 Å². The van der Waals surface area contributed by atoms with E-state index in [1.54, 1.807) is 25.1 Å². The predicted octanol–water partition coefficient (Wildman–Crippen LogP) is 3.98. The van der Waals surface area contributed by atoms with Gasteiger partial charge in [0.25, 0.3) is 0 Å². The Kier molecular flexibility index (Phi) is 3.77. The molecule has 112 valence electrons. The lowest BCUT2D eigenvalue weighted by Gasteiger charge is -2.04. The first-order valence-corrected chi connectivity index (χ1v) is 7.03. The first-order valence-electron chi connectivity index (χ1n) is 6.66. The van der Waals surface area contributed by atoms with Gasteiger partial charge in [-0.2, -0.15) is 0 Å². The molecule has 1 aliphatic rings. The molecule has 4 nitrogen and oxygen atoms in total. The quantitative estimate of drug-likeness (QED) is 0.687. The van der Waals surface area contributed by atoms with Gasteiger partial charge in [0, 0.05) is 5.02 Å². The highest BCUT2D eigenvalue weighted by atomic mass is 35.5. The lowest BCUT2D eigenvalue weighted by molar-refractivity contribution is 0.104. The summed E-state index contributed by atoms with van der Waals surface area (Å²) in [4.78, 5) is 12.2. The zero-order chi connectivity index (χ0) is 15.7. The number of hydrogen-bond acceptors (Lipinski definition) is 4. The van der Waals surface area contributed by atoms with E-state index in [1.165, 1.54) is 18.2 Å². The molecule has 0 aliphatic carbocycles. The molecular weight excluding hydrogens is 304 g/mol. The summed E-state index contributed by atoms with van der Waals surface area (Å²) in [7, 11) is 0. The number of aromatic hydroxyl groups is 1. The van der Waals surface area contributed by atoms with Crippen molar-refractivity contribution in [3.63, 3.8) is 0 Å². The molecule has 0 spiro atoms. The number of ketones is 1. The van der Waals surface area contributed by atoms with Crippen LogP contribution in [0.1, 0.15) is 21.5 Å². The summed E-state index contributed by atoms with van der Waals surface area (Å²) < 4.78 is 10.5. The Labute approximate surface area is 132 Å². The number of hydrogen-bond donors (Lipinski definition) is 1. The van der Waals surface area contributed by atoms with Gasteiger partial charge in [-0.05, 0) is 48.4 Å². The normalized spacial score (nSPS) is 12.8. The summed E-state index contributed by atoms with van der Waals surface area (Å²) in [6, 6.07) is 8.34. The molecule has 0 radical (unpaired) electrons. The van der Waals surface area contributed by atoms with Gasteiger partial charge < -0.3 is 14.6 Å². The Morgan fingerprint density at radius 2 is 2.00 bits per heavy atom. The van der Waals surface area contributed by atoms with E-state index in [1.807, 2.05) is 6.07 Å². The van der Waals surface area contributed by atoms with E-state index in [4.69, 9.17) is 21.1 Å². The van der Waals surface area contributed by atoms with E-state index in [2.05, 4.69) is 0 Å². The van der Waals surface area contributed by atoms with E-state index in [0.29, 0.717) is 16.5 Å². The molecular formula is C17H13ClO4. The summed E-state index contributed by atoms with van der Waals surface area (Å²) in [5.74, 6) is 0.932. The largest absolute Gasteiger partial charge is 0.507 e. The van der Waals surface area contributed by atoms with E-state index in [-0.39, 0.29) is 23.9 Å². The molecule has 1 heterocycles. The maximum Gasteiger partial charge on any atom is 0.231 e. The van der Waals surface area contributed by atoms with Crippen LogP contribution >= 0.6 is 11.6 Å². The van der Waals surface area contributed by atoms with Gasteiger partial charge in [-0.1, -0.05) is 23.7 Å². The van der Waals surface area contributed by atoms with Crippen molar-refractivity contribution >= 4 is 23.5 Å². The minimum atomic E-state index is -0.322. The molecule has 2 aromatic carbocycles. The van der Waals surface area contributed by atoms with E-state index < -0.39 is 0 Å². The Morgan fingerprint density at radius 1 is 1.23 bits per heavy atom. The van der Waals surface area contributed by atoms with Gasteiger partial charge in [0.2, 0.25) is 6.79 Å². The number of allylic oxidation sites excluding steroid dienone is 1. The van der Waals surface area contributed by atoms with Gasteiger partial charge in [0.15, 0.2) is 17.3 Å². The first kappa shape index (κ1) is 14.5. The molecule has 0 bridgehead atoms. The van der Waals surface area contributed by atoms with Gasteiger partial charge in [0.05, 0.1) is 5.56 Å². The highest BCUT2D eigenvalue weighted by Crippen LogP contribution is 2.33. The molecule has 0 saturated carbocycles. The summed E-state index contributed by atoms with van der Waals surface area (Å²) in [5.41, 5.74) is 1.69. The summed E-state index contributed by atoms with van der Waals surface area (Å²) >= 11 is 5.99. The number of phenols is 1. The van der Waals surface area contributed by atoms with Crippen LogP contribution in [0.15, 0.2) is 36.4 Å². The number of fused-ring (bicyclic) bond motifs is 1. The van der Waals surface area contributed by atoms with Gasteiger partial charge in [-0.15, -0.1) is 0 Å². The smallest absolute Gasteiger partial charge is 0.231 e. The van der Waals surface area contributed by atoms with Crippen LogP contribution in [0.5, 0.6) is 17.2 Å². The fourth-order valence-corrected chi connectivity index (χ4v) is 2.31. The van der Waals surface area contributed by atoms with Crippen LogP contribution in [-0.2, 0) is 0 Å². The number of ether oxygens (including phenoxy) is 2. The van der Waals surface area contributed by atoms with E-state index in [9.17, 15) is 9.90 Å². The van der Waals surface area contributed by atoms with E-state index in [0.717, 1.165) is 11.1 Å². The maximum absolute atomic E-state index is 12.2. The molecule has 2 aromatic rings. The topological polar surface area (TPSA) is 55.8 Å². The molecule has 1 aliphatic heterocycles. The van der Waals surface area contributed by atoms with Crippen molar-refractivity contribution < 1.29 is 19.4 Å².